The molecule has 0 aromatic heterocycles. The second kappa shape index (κ2) is 19.2. The molecule has 0 aliphatic carbocycles. The van der Waals surface area contributed by atoms with Crippen LogP contribution in [-0.4, -0.2) is 181 Å². The zero-order valence-corrected chi connectivity index (χ0v) is 30.2. The summed E-state index contributed by atoms with van der Waals surface area (Å²) in [5, 5.41) is 113. The fraction of sp³-hybridized carbons (Fsp3) is 0.583. The maximum atomic E-state index is 13.4. The Morgan fingerprint density at radius 2 is 1.38 bits per heavy atom. The minimum absolute atomic E-state index is 0.115. The molecule has 3 fully saturated rings. The number of aromatic hydroxyl groups is 3. The summed E-state index contributed by atoms with van der Waals surface area (Å²) in [4.78, 5) is 13.4. The highest BCUT2D eigenvalue weighted by atomic mass is 16.8. The molecule has 5 rings (SSSR count). The zero-order chi connectivity index (χ0) is 40.8. The van der Waals surface area contributed by atoms with Crippen LogP contribution in [0, 0.1) is 0 Å². The Morgan fingerprint density at radius 1 is 0.714 bits per heavy atom. The maximum absolute atomic E-state index is 13.4. The fourth-order valence-electron chi connectivity index (χ4n) is 6.29. The number of phenols is 3. The molecule has 0 amide bonds. The molecule has 0 saturated carbocycles. The lowest BCUT2D eigenvalue weighted by molar-refractivity contribution is -0.364. The predicted molar refractivity (Wildman–Crippen MR) is 185 cm³/mol. The van der Waals surface area contributed by atoms with Gasteiger partial charge in [-0.1, -0.05) is 12.1 Å². The largest absolute Gasteiger partial charge is 0.504 e. The minimum atomic E-state index is -1.87. The van der Waals surface area contributed by atoms with Gasteiger partial charge in [0.05, 0.1) is 33.0 Å². The highest BCUT2D eigenvalue weighted by molar-refractivity contribution is 5.87. The van der Waals surface area contributed by atoms with Gasteiger partial charge < -0.3 is 94.1 Å². The molecular weight excluding hydrogens is 752 g/mol. The first kappa shape index (κ1) is 43.4. The smallest absolute Gasteiger partial charge is 0.331 e. The van der Waals surface area contributed by atoms with Crippen molar-refractivity contribution >= 4 is 12.0 Å². The SMILES string of the molecule is COc1cc(C=CC(=O)OC2C(COC3OC(CO)C(O)C(O)C3O)OC(OCCc3ccc(O)c(O)c3)C(O)C2OC2OC(C)C(O)C(O)C2O)ccc1O. The van der Waals surface area contributed by atoms with Gasteiger partial charge in [-0.2, -0.15) is 0 Å². The molecular formula is C36H48O20. The first-order valence-corrected chi connectivity index (χ1v) is 17.6. The van der Waals surface area contributed by atoms with E-state index in [0.29, 0.717) is 11.1 Å². The highest BCUT2D eigenvalue weighted by Crippen LogP contribution is 2.33. The molecule has 15 atom stereocenters. The number of hydrogen-bond acceptors (Lipinski definition) is 20. The van der Waals surface area contributed by atoms with Gasteiger partial charge in [-0.25, -0.2) is 4.79 Å². The third-order valence-corrected chi connectivity index (χ3v) is 9.57. The number of rotatable bonds is 14. The summed E-state index contributed by atoms with van der Waals surface area (Å²) in [6.07, 6.45) is -22.2. The lowest BCUT2D eigenvalue weighted by atomic mass is 9.96. The monoisotopic (exact) mass is 800 g/mol. The second-order valence-corrected chi connectivity index (χ2v) is 13.5. The van der Waals surface area contributed by atoms with E-state index in [9.17, 15) is 61.0 Å². The van der Waals surface area contributed by atoms with Gasteiger partial charge in [-0.3, -0.25) is 0 Å². The second-order valence-electron chi connectivity index (χ2n) is 13.5. The number of phenolic OH excluding ortho intramolecular Hbond substituents is 3. The van der Waals surface area contributed by atoms with Crippen molar-refractivity contribution in [2.45, 2.75) is 105 Å². The quantitative estimate of drug-likeness (QED) is 0.0519. The standard InChI is InChI=1S/C36H48O20/c1-15-25(42)27(44)30(47)36(52-15)56-33-31(48)35(50-10-9-17-3-6-18(38)20(40)11-17)54-23(14-51-34-29(46)28(45)26(43)22(13-37)53-34)32(33)55-24(41)8-5-16-4-7-19(39)21(12-16)49-2/h3-8,11-12,15,22-23,25-40,42-48H,9-10,13-14H2,1-2H3. The van der Waals surface area contributed by atoms with E-state index in [1.807, 2.05) is 0 Å². The van der Waals surface area contributed by atoms with E-state index in [1.165, 1.54) is 56.5 Å². The average molecular weight is 801 g/mol. The molecule has 11 N–H and O–H groups in total. The topological polar surface area (TPSA) is 313 Å². The number of methoxy groups -OCH3 is 1. The van der Waals surface area contributed by atoms with Crippen LogP contribution in [0.4, 0.5) is 0 Å². The molecule has 0 bridgehead atoms. The average Bonchev–Trinajstić information content (AvgIpc) is 3.18. The number of esters is 1. The molecule has 312 valence electrons. The van der Waals surface area contributed by atoms with E-state index < -0.39 is 111 Å². The summed E-state index contributed by atoms with van der Waals surface area (Å²) in [5.74, 6) is -1.81. The van der Waals surface area contributed by atoms with E-state index in [-0.39, 0.29) is 36.0 Å². The summed E-state index contributed by atoms with van der Waals surface area (Å²) < 4.78 is 45.5. The molecule has 2 aromatic carbocycles. The van der Waals surface area contributed by atoms with Gasteiger partial charge in [0.15, 0.2) is 48.0 Å². The Hall–Kier alpha value is -3.71. The van der Waals surface area contributed by atoms with E-state index in [0.717, 1.165) is 6.08 Å². The summed E-state index contributed by atoms with van der Waals surface area (Å²) in [6, 6.07) is 8.31. The normalized spacial score (nSPS) is 36.4. The van der Waals surface area contributed by atoms with E-state index in [2.05, 4.69) is 0 Å². The molecule has 20 nitrogen and oxygen atoms in total. The molecule has 0 radical (unpaired) electrons. The number of aliphatic hydroxyl groups excluding tert-OH is 8. The molecule has 0 spiro atoms. The molecule has 15 unspecified atom stereocenters. The van der Waals surface area contributed by atoms with Crippen LogP contribution in [0.3, 0.4) is 0 Å². The molecule has 3 saturated heterocycles. The summed E-state index contributed by atoms with van der Waals surface area (Å²) in [6.45, 7) is -0.207. The zero-order valence-electron chi connectivity index (χ0n) is 30.2. The summed E-state index contributed by atoms with van der Waals surface area (Å²) >= 11 is 0. The van der Waals surface area contributed by atoms with Gasteiger partial charge in [0, 0.05) is 6.08 Å². The number of carbonyl (C=O) groups is 1. The van der Waals surface area contributed by atoms with Crippen molar-refractivity contribution < 1.29 is 98.9 Å². The third kappa shape index (κ3) is 10.0. The van der Waals surface area contributed by atoms with Crippen molar-refractivity contribution in [2.75, 3.05) is 26.9 Å². The summed E-state index contributed by atoms with van der Waals surface area (Å²) in [5.41, 5.74) is 0.925. The third-order valence-electron chi connectivity index (χ3n) is 9.57. The van der Waals surface area contributed by atoms with Crippen molar-refractivity contribution in [3.8, 4) is 23.0 Å². The van der Waals surface area contributed by atoms with Crippen molar-refractivity contribution in [3.63, 3.8) is 0 Å². The van der Waals surface area contributed by atoms with Gasteiger partial charge in [0.1, 0.15) is 61.0 Å². The highest BCUT2D eigenvalue weighted by Gasteiger charge is 2.53. The predicted octanol–water partition coefficient (Wildman–Crippen LogP) is -2.89. The number of hydrogen-bond donors (Lipinski definition) is 11. The Labute approximate surface area is 319 Å². The van der Waals surface area contributed by atoms with Crippen LogP contribution < -0.4 is 4.74 Å². The van der Waals surface area contributed by atoms with Gasteiger partial charge in [0.25, 0.3) is 0 Å². The van der Waals surface area contributed by atoms with Gasteiger partial charge in [-0.05, 0) is 54.8 Å². The first-order chi connectivity index (χ1) is 26.6. The number of ether oxygens (including phenoxy) is 8. The van der Waals surface area contributed by atoms with Gasteiger partial charge >= 0.3 is 5.97 Å². The van der Waals surface area contributed by atoms with Crippen molar-refractivity contribution in [1.29, 1.82) is 0 Å². The van der Waals surface area contributed by atoms with Crippen molar-refractivity contribution in [1.82, 2.24) is 0 Å². The van der Waals surface area contributed by atoms with Crippen molar-refractivity contribution in [3.05, 3.63) is 53.6 Å². The molecule has 2 aromatic rings. The summed E-state index contributed by atoms with van der Waals surface area (Å²) in [7, 11) is 1.33. The molecule has 3 heterocycles. The van der Waals surface area contributed by atoms with Gasteiger partial charge in [0.2, 0.25) is 0 Å². The molecule has 20 heteroatoms. The lowest BCUT2D eigenvalue weighted by Gasteiger charge is -2.47. The number of benzene rings is 2. The Morgan fingerprint density at radius 3 is 2.07 bits per heavy atom. The van der Waals surface area contributed by atoms with Crippen LogP contribution in [0.25, 0.3) is 6.08 Å². The minimum Gasteiger partial charge on any atom is -0.504 e. The molecule has 3 aliphatic rings. The van der Waals surface area contributed by atoms with E-state index >= 15 is 0 Å². The first-order valence-electron chi connectivity index (χ1n) is 17.6. The van der Waals surface area contributed by atoms with E-state index in [1.54, 1.807) is 0 Å². The molecule has 56 heavy (non-hydrogen) atoms. The molecule has 3 aliphatic heterocycles. The van der Waals surface area contributed by atoms with Crippen LogP contribution in [0.15, 0.2) is 42.5 Å². The van der Waals surface area contributed by atoms with Crippen LogP contribution in [0.1, 0.15) is 18.1 Å². The Bertz CT molecular complexity index is 1620. The van der Waals surface area contributed by atoms with E-state index in [4.69, 9.17) is 37.9 Å². The maximum Gasteiger partial charge on any atom is 0.331 e. The van der Waals surface area contributed by atoms with Crippen LogP contribution in [-0.2, 0) is 44.4 Å². The van der Waals surface area contributed by atoms with Crippen molar-refractivity contribution in [2.24, 2.45) is 0 Å². The Kier molecular flexibility index (Phi) is 14.9. The van der Waals surface area contributed by atoms with Gasteiger partial charge in [-0.15, -0.1) is 0 Å². The van der Waals surface area contributed by atoms with Crippen LogP contribution in [0.2, 0.25) is 0 Å². The van der Waals surface area contributed by atoms with Crippen LogP contribution in [0.5, 0.6) is 23.0 Å². The number of carbonyl (C=O) groups excluding carboxylic acids is 1. The fourth-order valence-corrected chi connectivity index (χ4v) is 6.29. The Balaban J connectivity index is 1.44. The lowest BCUT2D eigenvalue weighted by Crippen LogP contribution is -2.65. The number of aliphatic hydroxyl groups is 8. The van der Waals surface area contributed by atoms with Crippen LogP contribution >= 0.6 is 0 Å².